The number of esters is 1. The molecule has 0 aromatic carbocycles. The minimum atomic E-state index is -3.48. The third kappa shape index (κ3) is 4.22. The summed E-state index contributed by atoms with van der Waals surface area (Å²) in [7, 11) is -2.15. The molecule has 0 aliphatic carbocycles. The molecule has 1 aliphatic heterocycles. The fraction of sp³-hybridized carbons (Fsp3) is 0.909. The maximum Gasteiger partial charge on any atom is 0.309 e. The van der Waals surface area contributed by atoms with Gasteiger partial charge in [0, 0.05) is 19.6 Å². The summed E-state index contributed by atoms with van der Waals surface area (Å²) in [5.74, 6) is -0.431. The summed E-state index contributed by atoms with van der Waals surface area (Å²) in [5.41, 5.74) is 0. The molecule has 0 aromatic heterocycles. The van der Waals surface area contributed by atoms with Crippen LogP contribution in [0.1, 0.15) is 26.7 Å². The molecule has 1 fully saturated rings. The van der Waals surface area contributed by atoms with Crippen LogP contribution in [0.25, 0.3) is 0 Å². The molecular formula is C11H22N2O4S. The van der Waals surface area contributed by atoms with Crippen LogP contribution in [0.3, 0.4) is 0 Å². The van der Waals surface area contributed by atoms with Crippen molar-refractivity contribution in [1.82, 2.24) is 9.03 Å². The van der Waals surface area contributed by atoms with Gasteiger partial charge in [0.2, 0.25) is 0 Å². The number of methoxy groups -OCH3 is 1. The molecule has 6 nitrogen and oxygen atoms in total. The molecule has 7 heteroatoms. The minimum absolute atomic E-state index is 0.208. The number of nitrogens with zero attached hydrogens (tertiary/aromatic N) is 1. The van der Waals surface area contributed by atoms with E-state index in [1.807, 2.05) is 13.8 Å². The van der Waals surface area contributed by atoms with E-state index in [0.29, 0.717) is 25.9 Å². The molecular weight excluding hydrogens is 256 g/mol. The zero-order valence-electron chi connectivity index (χ0n) is 11.2. The highest BCUT2D eigenvalue weighted by Gasteiger charge is 2.32. The summed E-state index contributed by atoms with van der Waals surface area (Å²) >= 11 is 0. The van der Waals surface area contributed by atoms with Crippen LogP contribution in [0.5, 0.6) is 0 Å². The molecule has 0 amide bonds. The minimum Gasteiger partial charge on any atom is -0.469 e. The standard InChI is InChI=1S/C11H22N2O4S/c1-9(2)7-12-18(15,16)13-6-4-5-10(8-13)11(14)17-3/h9-10,12H,4-8H2,1-3H3/t10-/m0/s1. The smallest absolute Gasteiger partial charge is 0.309 e. The Morgan fingerprint density at radius 3 is 2.72 bits per heavy atom. The van der Waals surface area contributed by atoms with Crippen molar-refractivity contribution >= 4 is 16.2 Å². The monoisotopic (exact) mass is 278 g/mol. The molecule has 1 N–H and O–H groups in total. The molecule has 0 radical (unpaired) electrons. The summed E-state index contributed by atoms with van der Waals surface area (Å²) < 4.78 is 32.6. The van der Waals surface area contributed by atoms with Crippen molar-refractivity contribution in [3.63, 3.8) is 0 Å². The van der Waals surface area contributed by atoms with Crippen LogP contribution in [0, 0.1) is 11.8 Å². The summed E-state index contributed by atoms with van der Waals surface area (Å²) in [6, 6.07) is 0. The van der Waals surface area contributed by atoms with E-state index in [-0.39, 0.29) is 24.3 Å². The van der Waals surface area contributed by atoms with Gasteiger partial charge in [-0.2, -0.15) is 12.7 Å². The largest absolute Gasteiger partial charge is 0.469 e. The summed E-state index contributed by atoms with van der Waals surface area (Å²) in [6.07, 6.45) is 1.37. The normalized spacial score (nSPS) is 22.1. The van der Waals surface area contributed by atoms with Crippen molar-refractivity contribution in [2.24, 2.45) is 11.8 Å². The number of carbonyl (C=O) groups is 1. The number of hydrogen-bond acceptors (Lipinski definition) is 4. The third-order valence-electron chi connectivity index (χ3n) is 2.93. The van der Waals surface area contributed by atoms with Gasteiger partial charge < -0.3 is 4.74 Å². The molecule has 0 unspecified atom stereocenters. The lowest BCUT2D eigenvalue weighted by atomic mass is 10.0. The first-order valence-corrected chi connectivity index (χ1v) is 7.63. The fourth-order valence-corrected chi connectivity index (χ4v) is 3.36. The van der Waals surface area contributed by atoms with Crippen molar-refractivity contribution in [3.8, 4) is 0 Å². The van der Waals surface area contributed by atoms with E-state index in [1.165, 1.54) is 11.4 Å². The van der Waals surface area contributed by atoms with Crippen LogP contribution in [-0.2, 0) is 19.7 Å². The first-order chi connectivity index (χ1) is 8.36. The number of piperidine rings is 1. The molecule has 1 rings (SSSR count). The lowest BCUT2D eigenvalue weighted by molar-refractivity contribution is -0.146. The average molecular weight is 278 g/mol. The van der Waals surface area contributed by atoms with Crippen molar-refractivity contribution in [2.75, 3.05) is 26.7 Å². The fourth-order valence-electron chi connectivity index (χ4n) is 1.88. The van der Waals surface area contributed by atoms with Crippen molar-refractivity contribution < 1.29 is 17.9 Å². The van der Waals surface area contributed by atoms with E-state index in [1.54, 1.807) is 0 Å². The van der Waals surface area contributed by atoms with Gasteiger partial charge in [0.15, 0.2) is 0 Å². The Balaban J connectivity index is 2.62. The Hall–Kier alpha value is -0.660. The number of nitrogens with one attached hydrogen (secondary N) is 1. The second-order valence-electron chi connectivity index (χ2n) is 4.97. The average Bonchev–Trinajstić information content (AvgIpc) is 2.35. The van der Waals surface area contributed by atoms with E-state index in [2.05, 4.69) is 9.46 Å². The van der Waals surface area contributed by atoms with Gasteiger partial charge in [-0.15, -0.1) is 0 Å². The highest BCUT2D eigenvalue weighted by Crippen LogP contribution is 2.19. The SMILES string of the molecule is COC(=O)[C@H]1CCCN(S(=O)(=O)NCC(C)C)C1. The molecule has 18 heavy (non-hydrogen) atoms. The predicted molar refractivity (Wildman–Crippen MR) is 68.1 cm³/mol. The second-order valence-corrected chi connectivity index (χ2v) is 6.72. The zero-order valence-corrected chi connectivity index (χ0v) is 12.0. The first-order valence-electron chi connectivity index (χ1n) is 6.19. The molecule has 0 saturated carbocycles. The Kier molecular flexibility index (Phi) is 5.55. The first kappa shape index (κ1) is 15.4. The molecule has 1 saturated heterocycles. The topological polar surface area (TPSA) is 75.7 Å². The Morgan fingerprint density at radius 2 is 2.17 bits per heavy atom. The van der Waals surface area contributed by atoms with Gasteiger partial charge in [0.05, 0.1) is 13.0 Å². The molecule has 1 heterocycles. The number of ether oxygens (including phenoxy) is 1. The van der Waals surface area contributed by atoms with Gasteiger partial charge in [0.1, 0.15) is 0 Å². The molecule has 106 valence electrons. The van der Waals surface area contributed by atoms with Gasteiger partial charge in [0.25, 0.3) is 10.2 Å². The maximum absolute atomic E-state index is 12.0. The van der Waals surface area contributed by atoms with Gasteiger partial charge in [-0.25, -0.2) is 4.72 Å². The van der Waals surface area contributed by atoms with Crippen LogP contribution in [-0.4, -0.2) is 45.4 Å². The molecule has 0 aromatic rings. The van der Waals surface area contributed by atoms with Crippen LogP contribution >= 0.6 is 0 Å². The van der Waals surface area contributed by atoms with Crippen LogP contribution < -0.4 is 4.72 Å². The number of hydrogen-bond donors (Lipinski definition) is 1. The van der Waals surface area contributed by atoms with Crippen molar-refractivity contribution in [2.45, 2.75) is 26.7 Å². The predicted octanol–water partition coefficient (Wildman–Crippen LogP) is 0.362. The number of rotatable bonds is 5. The summed E-state index contributed by atoms with van der Waals surface area (Å²) in [6.45, 7) is 4.95. The molecule has 0 spiro atoms. The summed E-state index contributed by atoms with van der Waals surface area (Å²) in [5, 5.41) is 0. The van der Waals surface area contributed by atoms with Gasteiger partial charge in [-0.1, -0.05) is 13.8 Å². The van der Waals surface area contributed by atoms with E-state index in [4.69, 9.17) is 0 Å². The van der Waals surface area contributed by atoms with E-state index in [0.717, 1.165) is 0 Å². The molecule has 1 atom stereocenters. The van der Waals surface area contributed by atoms with E-state index < -0.39 is 10.2 Å². The van der Waals surface area contributed by atoms with E-state index in [9.17, 15) is 13.2 Å². The van der Waals surface area contributed by atoms with Crippen molar-refractivity contribution in [3.05, 3.63) is 0 Å². The maximum atomic E-state index is 12.0. The van der Waals surface area contributed by atoms with Crippen molar-refractivity contribution in [1.29, 1.82) is 0 Å². The quantitative estimate of drug-likeness (QED) is 0.737. The highest BCUT2D eigenvalue weighted by atomic mass is 32.2. The molecule has 0 bridgehead atoms. The third-order valence-corrected chi connectivity index (χ3v) is 4.48. The lowest BCUT2D eigenvalue weighted by Gasteiger charge is -2.30. The molecule has 1 aliphatic rings. The Morgan fingerprint density at radius 1 is 1.50 bits per heavy atom. The zero-order chi connectivity index (χ0) is 13.8. The van der Waals surface area contributed by atoms with Crippen LogP contribution in [0.4, 0.5) is 0 Å². The second kappa shape index (κ2) is 6.49. The number of carbonyl (C=O) groups excluding carboxylic acids is 1. The highest BCUT2D eigenvalue weighted by molar-refractivity contribution is 7.87. The lowest BCUT2D eigenvalue weighted by Crippen LogP contribution is -2.48. The van der Waals surface area contributed by atoms with Crippen LogP contribution in [0.15, 0.2) is 0 Å². The Bertz CT molecular complexity index is 381. The van der Waals surface area contributed by atoms with Gasteiger partial charge >= 0.3 is 5.97 Å². The van der Waals surface area contributed by atoms with Gasteiger partial charge in [-0.05, 0) is 18.8 Å². The van der Waals surface area contributed by atoms with Crippen LogP contribution in [0.2, 0.25) is 0 Å². The van der Waals surface area contributed by atoms with E-state index >= 15 is 0 Å². The Labute approximate surface area is 109 Å². The summed E-state index contributed by atoms with van der Waals surface area (Å²) in [4.78, 5) is 11.4. The van der Waals surface area contributed by atoms with Gasteiger partial charge in [-0.3, -0.25) is 4.79 Å².